The Hall–Kier alpha value is -0.120. The first-order chi connectivity index (χ1) is 8.93. The standard InChI is InChI=1S/C16H33N3/c1-6-16(4,5)17-10-13(2)19-12-15-8-7-9-18(15)11-14(19)3/h13-15,17H,6-12H2,1-5H3. The Morgan fingerprint density at radius 1 is 1.32 bits per heavy atom. The van der Waals surface area contributed by atoms with Crippen LogP contribution in [0.5, 0.6) is 0 Å². The van der Waals surface area contributed by atoms with Crippen LogP contribution in [0.15, 0.2) is 0 Å². The average Bonchev–Trinajstić information content (AvgIpc) is 2.82. The molecule has 2 saturated heterocycles. The van der Waals surface area contributed by atoms with Crippen LogP contribution < -0.4 is 5.32 Å². The van der Waals surface area contributed by atoms with E-state index in [1.165, 1.54) is 38.9 Å². The lowest BCUT2D eigenvalue weighted by Crippen LogP contribution is -2.59. The molecule has 2 fully saturated rings. The Bertz CT molecular complexity index is 290. The summed E-state index contributed by atoms with van der Waals surface area (Å²) in [5, 5.41) is 3.73. The maximum atomic E-state index is 3.73. The summed E-state index contributed by atoms with van der Waals surface area (Å²) >= 11 is 0. The van der Waals surface area contributed by atoms with Crippen molar-refractivity contribution in [2.24, 2.45) is 0 Å². The zero-order chi connectivity index (χ0) is 14.0. The van der Waals surface area contributed by atoms with Crippen LogP contribution in [0.4, 0.5) is 0 Å². The molecule has 0 aromatic heterocycles. The van der Waals surface area contributed by atoms with Crippen molar-refractivity contribution in [2.45, 2.75) is 77.5 Å². The van der Waals surface area contributed by atoms with Gasteiger partial charge in [0.15, 0.2) is 0 Å². The van der Waals surface area contributed by atoms with Gasteiger partial charge in [0.25, 0.3) is 0 Å². The minimum atomic E-state index is 0.271. The van der Waals surface area contributed by atoms with E-state index in [0.717, 1.165) is 12.6 Å². The first kappa shape index (κ1) is 15.3. The molecule has 3 heteroatoms. The number of hydrogen-bond donors (Lipinski definition) is 1. The molecular weight excluding hydrogens is 234 g/mol. The third-order valence-corrected chi connectivity index (χ3v) is 5.31. The average molecular weight is 267 g/mol. The maximum Gasteiger partial charge on any atom is 0.0224 e. The molecule has 2 aliphatic rings. The minimum absolute atomic E-state index is 0.271. The van der Waals surface area contributed by atoms with E-state index in [9.17, 15) is 0 Å². The molecule has 0 spiro atoms. The lowest BCUT2D eigenvalue weighted by atomic mass is 10.0. The molecular formula is C16H33N3. The van der Waals surface area contributed by atoms with Gasteiger partial charge in [0.05, 0.1) is 0 Å². The van der Waals surface area contributed by atoms with Crippen LogP contribution in [-0.2, 0) is 0 Å². The van der Waals surface area contributed by atoms with Crippen molar-refractivity contribution >= 4 is 0 Å². The molecule has 3 unspecified atom stereocenters. The van der Waals surface area contributed by atoms with Gasteiger partial charge in [-0.1, -0.05) is 6.92 Å². The highest BCUT2D eigenvalue weighted by Crippen LogP contribution is 2.25. The van der Waals surface area contributed by atoms with Gasteiger partial charge in [0, 0.05) is 43.3 Å². The fourth-order valence-corrected chi connectivity index (χ4v) is 3.49. The molecule has 19 heavy (non-hydrogen) atoms. The number of fused-ring (bicyclic) bond motifs is 1. The van der Waals surface area contributed by atoms with Gasteiger partial charge >= 0.3 is 0 Å². The lowest BCUT2D eigenvalue weighted by molar-refractivity contribution is 0.0312. The molecule has 0 saturated carbocycles. The molecule has 2 heterocycles. The summed E-state index contributed by atoms with van der Waals surface area (Å²) in [6, 6.07) is 2.18. The molecule has 2 aliphatic heterocycles. The topological polar surface area (TPSA) is 18.5 Å². The van der Waals surface area contributed by atoms with Gasteiger partial charge in [-0.15, -0.1) is 0 Å². The Balaban J connectivity index is 1.86. The van der Waals surface area contributed by atoms with Crippen molar-refractivity contribution in [1.29, 1.82) is 0 Å². The first-order valence-electron chi connectivity index (χ1n) is 8.18. The van der Waals surface area contributed by atoms with Crippen LogP contribution in [0.2, 0.25) is 0 Å². The van der Waals surface area contributed by atoms with E-state index in [1.54, 1.807) is 0 Å². The van der Waals surface area contributed by atoms with E-state index in [4.69, 9.17) is 0 Å². The van der Waals surface area contributed by atoms with Crippen molar-refractivity contribution < 1.29 is 0 Å². The lowest BCUT2D eigenvalue weighted by Gasteiger charge is -2.45. The second kappa shape index (κ2) is 6.11. The summed E-state index contributed by atoms with van der Waals surface area (Å²) in [4.78, 5) is 5.43. The first-order valence-corrected chi connectivity index (χ1v) is 8.18. The third-order valence-electron chi connectivity index (χ3n) is 5.31. The van der Waals surface area contributed by atoms with Crippen LogP contribution in [0, 0.1) is 0 Å². The predicted octanol–water partition coefficient (Wildman–Crippen LogP) is 2.32. The number of piperazine rings is 1. The smallest absolute Gasteiger partial charge is 0.0224 e. The van der Waals surface area contributed by atoms with E-state index in [2.05, 4.69) is 49.7 Å². The van der Waals surface area contributed by atoms with Crippen molar-refractivity contribution in [3.8, 4) is 0 Å². The second-order valence-corrected chi connectivity index (χ2v) is 7.30. The highest BCUT2D eigenvalue weighted by Gasteiger charge is 2.36. The third kappa shape index (κ3) is 3.71. The molecule has 1 N–H and O–H groups in total. The Morgan fingerprint density at radius 3 is 2.74 bits per heavy atom. The monoisotopic (exact) mass is 267 g/mol. The number of rotatable bonds is 5. The van der Waals surface area contributed by atoms with Gasteiger partial charge in [0.1, 0.15) is 0 Å². The van der Waals surface area contributed by atoms with Crippen molar-refractivity contribution in [3.63, 3.8) is 0 Å². The Kier molecular flexibility index (Phi) is 4.91. The molecule has 0 radical (unpaired) electrons. The Morgan fingerprint density at radius 2 is 2.05 bits per heavy atom. The summed E-state index contributed by atoms with van der Waals surface area (Å²) < 4.78 is 0. The van der Waals surface area contributed by atoms with Crippen LogP contribution in [0.25, 0.3) is 0 Å². The number of hydrogen-bond acceptors (Lipinski definition) is 3. The van der Waals surface area contributed by atoms with Crippen molar-refractivity contribution in [3.05, 3.63) is 0 Å². The zero-order valence-corrected chi connectivity index (χ0v) is 13.6. The summed E-state index contributed by atoms with van der Waals surface area (Å²) in [5.41, 5.74) is 0.271. The van der Waals surface area contributed by atoms with Gasteiger partial charge < -0.3 is 5.32 Å². The predicted molar refractivity (Wildman–Crippen MR) is 82.6 cm³/mol. The van der Waals surface area contributed by atoms with Crippen LogP contribution >= 0.6 is 0 Å². The largest absolute Gasteiger partial charge is 0.310 e. The molecule has 112 valence electrons. The molecule has 0 amide bonds. The SMILES string of the molecule is CCC(C)(C)NCC(C)N1CC2CCCN2CC1C. The Labute approximate surface area is 119 Å². The minimum Gasteiger partial charge on any atom is -0.310 e. The molecule has 2 rings (SSSR count). The van der Waals surface area contributed by atoms with Crippen molar-refractivity contribution in [2.75, 3.05) is 26.2 Å². The van der Waals surface area contributed by atoms with E-state index < -0.39 is 0 Å². The van der Waals surface area contributed by atoms with Gasteiger partial charge in [-0.3, -0.25) is 9.80 Å². The van der Waals surface area contributed by atoms with Crippen LogP contribution in [0.3, 0.4) is 0 Å². The quantitative estimate of drug-likeness (QED) is 0.825. The van der Waals surface area contributed by atoms with E-state index >= 15 is 0 Å². The van der Waals surface area contributed by atoms with E-state index in [-0.39, 0.29) is 5.54 Å². The highest BCUT2D eigenvalue weighted by molar-refractivity contribution is 4.93. The second-order valence-electron chi connectivity index (χ2n) is 7.30. The van der Waals surface area contributed by atoms with Gasteiger partial charge in [-0.25, -0.2) is 0 Å². The molecule has 0 aromatic carbocycles. The van der Waals surface area contributed by atoms with Crippen molar-refractivity contribution in [1.82, 2.24) is 15.1 Å². The summed E-state index contributed by atoms with van der Waals surface area (Å²) in [5.74, 6) is 0. The molecule has 3 nitrogen and oxygen atoms in total. The van der Waals surface area contributed by atoms with E-state index in [0.29, 0.717) is 12.1 Å². The summed E-state index contributed by atoms with van der Waals surface area (Å²) in [6.07, 6.45) is 4.00. The molecule has 3 atom stereocenters. The zero-order valence-electron chi connectivity index (χ0n) is 13.6. The van der Waals surface area contributed by atoms with E-state index in [1.807, 2.05) is 0 Å². The molecule has 0 bridgehead atoms. The summed E-state index contributed by atoms with van der Waals surface area (Å²) in [7, 11) is 0. The number of nitrogens with one attached hydrogen (secondary N) is 1. The molecule has 0 aromatic rings. The van der Waals surface area contributed by atoms with Gasteiger partial charge in [-0.05, 0) is 53.5 Å². The van der Waals surface area contributed by atoms with Crippen LogP contribution in [0.1, 0.15) is 53.9 Å². The number of nitrogens with zero attached hydrogens (tertiary/aromatic N) is 2. The van der Waals surface area contributed by atoms with Crippen LogP contribution in [-0.4, -0.2) is 59.6 Å². The van der Waals surface area contributed by atoms with Gasteiger partial charge in [-0.2, -0.15) is 0 Å². The highest BCUT2D eigenvalue weighted by atomic mass is 15.3. The fraction of sp³-hybridized carbons (Fsp3) is 1.00. The normalized spacial score (nSPS) is 31.4. The fourth-order valence-electron chi connectivity index (χ4n) is 3.49. The molecule has 0 aliphatic carbocycles. The maximum absolute atomic E-state index is 3.73. The summed E-state index contributed by atoms with van der Waals surface area (Å²) in [6.45, 7) is 16.6. The van der Waals surface area contributed by atoms with Gasteiger partial charge in [0.2, 0.25) is 0 Å².